The van der Waals surface area contributed by atoms with E-state index in [1.54, 1.807) is 13.8 Å². The van der Waals surface area contributed by atoms with E-state index in [9.17, 15) is 53.4 Å². The molecule has 1 aromatic rings. The van der Waals surface area contributed by atoms with E-state index in [4.69, 9.17) is 0 Å². The lowest BCUT2D eigenvalue weighted by Gasteiger charge is -2.39. The number of aliphatic hydroxyl groups is 1. The van der Waals surface area contributed by atoms with Crippen LogP contribution in [0.15, 0.2) is 24.3 Å². The van der Waals surface area contributed by atoms with E-state index in [1.165, 1.54) is 12.1 Å². The summed E-state index contributed by atoms with van der Waals surface area (Å²) in [5.74, 6) is -28.3. The average Bonchev–Trinajstić information content (AvgIpc) is 2.52. The molecule has 1 rings (SSSR count). The first-order valence-corrected chi connectivity index (χ1v) is 8.02. The molecule has 0 amide bonds. The molecule has 0 spiro atoms. The highest BCUT2D eigenvalue weighted by Crippen LogP contribution is 2.59. The second-order valence-corrected chi connectivity index (χ2v) is 7.15. The van der Waals surface area contributed by atoms with Crippen molar-refractivity contribution in [1.82, 2.24) is 0 Å². The number of rotatable bonds is 7. The SMILES string of the molecule is CC(C)c1ccc(C(C)(O)CC(F)(F)C(F)(F)C(F)(F)C(F)(F)C(F)(F)F)cc1. The Hall–Kier alpha value is -1.59. The zero-order chi connectivity index (χ0) is 23.3. The van der Waals surface area contributed by atoms with Gasteiger partial charge in [0.05, 0.1) is 12.0 Å². The lowest BCUT2D eigenvalue weighted by Crippen LogP contribution is -2.67. The third kappa shape index (κ3) is 4.31. The van der Waals surface area contributed by atoms with Gasteiger partial charge in [-0.25, -0.2) is 0 Å². The minimum absolute atomic E-state index is 0.0527. The van der Waals surface area contributed by atoms with Crippen molar-refractivity contribution in [3.8, 4) is 0 Å². The average molecular weight is 446 g/mol. The van der Waals surface area contributed by atoms with E-state index in [2.05, 4.69) is 0 Å². The van der Waals surface area contributed by atoms with Crippen molar-refractivity contribution in [2.45, 2.75) is 68.6 Å². The number of benzene rings is 1. The molecule has 0 fully saturated rings. The summed E-state index contributed by atoms with van der Waals surface area (Å²) >= 11 is 0. The molecule has 0 radical (unpaired) electrons. The van der Waals surface area contributed by atoms with Crippen molar-refractivity contribution in [2.75, 3.05) is 0 Å². The van der Waals surface area contributed by atoms with Gasteiger partial charge in [-0.05, 0) is 24.0 Å². The van der Waals surface area contributed by atoms with Crippen molar-refractivity contribution in [3.05, 3.63) is 35.4 Å². The third-order valence-electron chi connectivity index (χ3n) is 4.37. The molecule has 1 nitrogen and oxygen atoms in total. The fourth-order valence-electron chi connectivity index (χ4n) is 2.48. The molecular formula is C17H17F11O. The Balaban J connectivity index is 3.31. The van der Waals surface area contributed by atoms with Gasteiger partial charge in [0.15, 0.2) is 0 Å². The minimum Gasteiger partial charge on any atom is -0.385 e. The van der Waals surface area contributed by atoms with Gasteiger partial charge in [0.1, 0.15) is 0 Å². The van der Waals surface area contributed by atoms with Gasteiger partial charge in [0, 0.05) is 0 Å². The molecule has 168 valence electrons. The van der Waals surface area contributed by atoms with Crippen LogP contribution in [0.4, 0.5) is 48.3 Å². The maximum atomic E-state index is 13.9. The van der Waals surface area contributed by atoms with Crippen LogP contribution in [0, 0.1) is 0 Å². The molecule has 12 heteroatoms. The van der Waals surface area contributed by atoms with Gasteiger partial charge in [-0.3, -0.25) is 0 Å². The van der Waals surface area contributed by atoms with Crippen molar-refractivity contribution in [1.29, 1.82) is 0 Å². The van der Waals surface area contributed by atoms with Crippen LogP contribution in [0.25, 0.3) is 0 Å². The zero-order valence-corrected chi connectivity index (χ0v) is 15.2. The Morgan fingerprint density at radius 1 is 0.724 bits per heavy atom. The predicted octanol–water partition coefficient (Wildman–Crippen LogP) is 6.51. The molecule has 0 saturated carbocycles. The largest absolute Gasteiger partial charge is 0.460 e. The lowest BCUT2D eigenvalue weighted by atomic mass is 9.84. The highest BCUT2D eigenvalue weighted by atomic mass is 19.4. The zero-order valence-electron chi connectivity index (χ0n) is 15.2. The highest BCUT2D eigenvalue weighted by molar-refractivity contribution is 5.29. The predicted molar refractivity (Wildman–Crippen MR) is 80.6 cm³/mol. The Kier molecular flexibility index (Phi) is 6.38. The molecule has 0 heterocycles. The van der Waals surface area contributed by atoms with Gasteiger partial charge in [-0.2, -0.15) is 48.3 Å². The number of hydrogen-bond acceptors (Lipinski definition) is 1. The fourth-order valence-corrected chi connectivity index (χ4v) is 2.48. The third-order valence-corrected chi connectivity index (χ3v) is 4.37. The van der Waals surface area contributed by atoms with Crippen molar-refractivity contribution < 1.29 is 53.4 Å². The normalized spacial score (nSPS) is 16.8. The molecule has 0 aliphatic heterocycles. The van der Waals surface area contributed by atoms with Crippen molar-refractivity contribution >= 4 is 0 Å². The first-order valence-electron chi connectivity index (χ1n) is 8.02. The summed E-state index contributed by atoms with van der Waals surface area (Å²) < 4.78 is 144. The van der Waals surface area contributed by atoms with Crippen LogP contribution in [0.1, 0.15) is 44.2 Å². The molecule has 0 aliphatic rings. The summed E-state index contributed by atoms with van der Waals surface area (Å²) in [5, 5.41) is 10.1. The minimum atomic E-state index is -7.49. The molecule has 1 atom stereocenters. The van der Waals surface area contributed by atoms with Crippen LogP contribution < -0.4 is 0 Å². The van der Waals surface area contributed by atoms with Crippen LogP contribution in [0.2, 0.25) is 0 Å². The Morgan fingerprint density at radius 3 is 1.48 bits per heavy atom. The van der Waals surface area contributed by atoms with E-state index < -0.39 is 47.5 Å². The Bertz CT molecular complexity index is 703. The van der Waals surface area contributed by atoms with Gasteiger partial charge in [0.2, 0.25) is 0 Å². The van der Waals surface area contributed by atoms with E-state index in [0.717, 1.165) is 12.1 Å². The smallest absolute Gasteiger partial charge is 0.385 e. The molecule has 0 aliphatic carbocycles. The molecule has 0 aromatic heterocycles. The van der Waals surface area contributed by atoms with Crippen LogP contribution in [0.3, 0.4) is 0 Å². The summed E-state index contributed by atoms with van der Waals surface area (Å²) in [5.41, 5.74) is -2.77. The molecule has 1 aromatic carbocycles. The quantitative estimate of drug-likeness (QED) is 0.474. The first-order chi connectivity index (χ1) is 12.6. The van der Waals surface area contributed by atoms with E-state index in [0.29, 0.717) is 12.5 Å². The summed E-state index contributed by atoms with van der Waals surface area (Å²) in [4.78, 5) is 0. The highest BCUT2D eigenvalue weighted by Gasteiger charge is 2.87. The van der Waals surface area contributed by atoms with Crippen LogP contribution in [-0.4, -0.2) is 35.0 Å². The lowest BCUT2D eigenvalue weighted by molar-refractivity contribution is -0.424. The molecule has 1 N–H and O–H groups in total. The van der Waals surface area contributed by atoms with Crippen molar-refractivity contribution in [2.24, 2.45) is 0 Å². The van der Waals surface area contributed by atoms with Crippen LogP contribution >= 0.6 is 0 Å². The number of halogens is 11. The number of alkyl halides is 11. The topological polar surface area (TPSA) is 20.2 Å². The van der Waals surface area contributed by atoms with E-state index >= 15 is 0 Å². The van der Waals surface area contributed by atoms with E-state index in [-0.39, 0.29) is 5.92 Å². The maximum Gasteiger partial charge on any atom is 0.460 e. The van der Waals surface area contributed by atoms with E-state index in [1.807, 2.05) is 0 Å². The first kappa shape index (κ1) is 25.4. The van der Waals surface area contributed by atoms with Gasteiger partial charge in [0.25, 0.3) is 0 Å². The van der Waals surface area contributed by atoms with Crippen LogP contribution in [0.5, 0.6) is 0 Å². The van der Waals surface area contributed by atoms with Gasteiger partial charge < -0.3 is 5.11 Å². The molecular weight excluding hydrogens is 429 g/mol. The molecule has 1 unspecified atom stereocenters. The van der Waals surface area contributed by atoms with Gasteiger partial charge in [-0.1, -0.05) is 38.1 Å². The number of hydrogen-bond donors (Lipinski definition) is 1. The van der Waals surface area contributed by atoms with Crippen molar-refractivity contribution in [3.63, 3.8) is 0 Å². The second kappa shape index (κ2) is 7.28. The standard InChI is InChI=1S/C17H17F11O/c1-9(2)10-4-6-11(7-5-10)12(3,29)8-13(18,19)14(20,21)15(22,23)16(24,25)17(26,27)28/h4-7,9,29H,8H2,1-3H3. The van der Waals surface area contributed by atoms with Gasteiger partial charge >= 0.3 is 29.9 Å². The van der Waals surface area contributed by atoms with Gasteiger partial charge in [-0.15, -0.1) is 0 Å². The molecule has 29 heavy (non-hydrogen) atoms. The summed E-state index contributed by atoms with van der Waals surface area (Å²) in [6.07, 6.45) is -9.76. The van der Waals surface area contributed by atoms with Crippen LogP contribution in [-0.2, 0) is 5.60 Å². The summed E-state index contributed by atoms with van der Waals surface area (Å²) in [6, 6.07) is 4.67. The Labute approximate surface area is 158 Å². The fraction of sp³-hybridized carbons (Fsp3) is 0.647. The summed E-state index contributed by atoms with van der Waals surface area (Å²) in [6.45, 7) is 4.00. The molecule has 0 saturated heterocycles. The molecule has 0 bridgehead atoms. The Morgan fingerprint density at radius 2 is 1.14 bits per heavy atom. The second-order valence-electron chi connectivity index (χ2n) is 7.15. The maximum absolute atomic E-state index is 13.9. The monoisotopic (exact) mass is 446 g/mol. The summed E-state index contributed by atoms with van der Waals surface area (Å²) in [7, 11) is 0.